The summed E-state index contributed by atoms with van der Waals surface area (Å²) in [6.45, 7) is 8.00. The first-order valence-electron chi connectivity index (χ1n) is 10.3. The van der Waals surface area contributed by atoms with Crippen molar-refractivity contribution in [2.45, 2.75) is 52.7 Å². The van der Waals surface area contributed by atoms with Gasteiger partial charge in [-0.1, -0.05) is 24.3 Å². The lowest BCUT2D eigenvalue weighted by molar-refractivity contribution is -0.119. The van der Waals surface area contributed by atoms with Crippen molar-refractivity contribution in [2.75, 3.05) is 16.8 Å². The van der Waals surface area contributed by atoms with E-state index in [-0.39, 0.29) is 35.5 Å². The van der Waals surface area contributed by atoms with Gasteiger partial charge in [-0.2, -0.15) is 0 Å². The molecule has 2 amide bonds. The number of ether oxygens (including phenoxy) is 1. The van der Waals surface area contributed by atoms with Crippen LogP contribution in [-0.4, -0.2) is 35.5 Å². The molecule has 0 bridgehead atoms. The molecule has 6 heteroatoms. The van der Waals surface area contributed by atoms with Gasteiger partial charge in [0.15, 0.2) is 0 Å². The van der Waals surface area contributed by atoms with E-state index in [1.54, 1.807) is 0 Å². The Hall–Kier alpha value is -2.47. The largest absolute Gasteiger partial charge is 0.491 e. The van der Waals surface area contributed by atoms with Gasteiger partial charge in [0.05, 0.1) is 17.6 Å². The van der Waals surface area contributed by atoms with Gasteiger partial charge < -0.3 is 15.4 Å². The maximum atomic E-state index is 12.1. The van der Waals surface area contributed by atoms with E-state index in [1.807, 2.05) is 64.1 Å². The molecule has 2 aromatic rings. The number of benzene rings is 2. The average Bonchev–Trinajstić information content (AvgIpc) is 2.67. The van der Waals surface area contributed by atoms with Crippen LogP contribution in [0.1, 0.15) is 38.3 Å². The number of rotatable bonds is 11. The van der Waals surface area contributed by atoms with Gasteiger partial charge in [-0.3, -0.25) is 9.59 Å². The molecule has 0 aromatic heterocycles. The minimum absolute atomic E-state index is 0.0449. The van der Waals surface area contributed by atoms with Crippen molar-refractivity contribution in [3.05, 3.63) is 59.7 Å². The summed E-state index contributed by atoms with van der Waals surface area (Å²) in [5, 5.41) is 5.85. The summed E-state index contributed by atoms with van der Waals surface area (Å²) in [4.78, 5) is 24.1. The second kappa shape index (κ2) is 12.3. The van der Waals surface area contributed by atoms with Gasteiger partial charge in [0.2, 0.25) is 11.8 Å². The number of carbonyl (C=O) groups excluding carboxylic acids is 2. The van der Waals surface area contributed by atoms with Crippen LogP contribution in [0.25, 0.3) is 0 Å². The van der Waals surface area contributed by atoms with Crippen LogP contribution in [0.15, 0.2) is 48.5 Å². The maximum absolute atomic E-state index is 12.1. The van der Waals surface area contributed by atoms with Crippen molar-refractivity contribution in [3.8, 4) is 5.75 Å². The molecule has 0 saturated heterocycles. The lowest BCUT2D eigenvalue weighted by Gasteiger charge is -2.14. The number of amides is 2. The Morgan fingerprint density at radius 3 is 2.37 bits per heavy atom. The number of nitrogens with one attached hydrogen (secondary N) is 2. The zero-order valence-corrected chi connectivity index (χ0v) is 19.1. The highest BCUT2D eigenvalue weighted by molar-refractivity contribution is 8.00. The first-order chi connectivity index (χ1) is 14.3. The van der Waals surface area contributed by atoms with Crippen LogP contribution in [0, 0.1) is 6.92 Å². The van der Waals surface area contributed by atoms with E-state index in [4.69, 9.17) is 4.74 Å². The van der Waals surface area contributed by atoms with E-state index >= 15 is 0 Å². The molecule has 1 unspecified atom stereocenters. The molecule has 0 aliphatic heterocycles. The molecule has 2 rings (SSSR count). The van der Waals surface area contributed by atoms with Crippen LogP contribution >= 0.6 is 11.8 Å². The molecule has 0 spiro atoms. The van der Waals surface area contributed by atoms with Crippen molar-refractivity contribution >= 4 is 29.3 Å². The predicted octanol–water partition coefficient (Wildman–Crippen LogP) is 4.59. The molecule has 0 fully saturated rings. The highest BCUT2D eigenvalue weighted by Crippen LogP contribution is 2.15. The van der Waals surface area contributed by atoms with Gasteiger partial charge in [-0.25, -0.2) is 0 Å². The molecule has 30 heavy (non-hydrogen) atoms. The molecule has 0 saturated carbocycles. The van der Waals surface area contributed by atoms with E-state index in [9.17, 15) is 9.59 Å². The third-order valence-corrected chi connectivity index (χ3v) is 5.27. The van der Waals surface area contributed by atoms with E-state index in [0.29, 0.717) is 0 Å². The SMILES string of the molecule is Cc1cccc(NC(=O)CSCC(=O)NC(C)CCc2ccc(OC(C)C)cc2)c1. The van der Waals surface area contributed by atoms with Crippen LogP contribution in [-0.2, 0) is 16.0 Å². The minimum atomic E-state index is -0.101. The van der Waals surface area contributed by atoms with Crippen LogP contribution in [0.4, 0.5) is 5.69 Å². The lowest BCUT2D eigenvalue weighted by atomic mass is 10.1. The van der Waals surface area contributed by atoms with Crippen LogP contribution < -0.4 is 15.4 Å². The van der Waals surface area contributed by atoms with E-state index in [0.717, 1.165) is 29.8 Å². The quantitative estimate of drug-likeness (QED) is 0.549. The van der Waals surface area contributed by atoms with Crippen LogP contribution in [0.3, 0.4) is 0 Å². The van der Waals surface area contributed by atoms with Crippen molar-refractivity contribution in [1.29, 1.82) is 0 Å². The fourth-order valence-electron chi connectivity index (χ4n) is 2.94. The molecule has 0 heterocycles. The molecule has 0 aliphatic rings. The Balaban J connectivity index is 1.62. The maximum Gasteiger partial charge on any atom is 0.234 e. The minimum Gasteiger partial charge on any atom is -0.491 e. The fraction of sp³-hybridized carbons (Fsp3) is 0.417. The van der Waals surface area contributed by atoms with E-state index in [1.165, 1.54) is 17.3 Å². The first kappa shape index (κ1) is 23.8. The van der Waals surface area contributed by atoms with Gasteiger partial charge in [0.25, 0.3) is 0 Å². The first-order valence-corrected chi connectivity index (χ1v) is 11.5. The topological polar surface area (TPSA) is 67.4 Å². The molecular formula is C24H32N2O3S. The normalized spacial score (nSPS) is 11.8. The average molecular weight is 429 g/mol. The Kier molecular flexibility index (Phi) is 9.74. The Morgan fingerprint density at radius 2 is 1.70 bits per heavy atom. The van der Waals surface area contributed by atoms with Gasteiger partial charge in [-0.15, -0.1) is 11.8 Å². The van der Waals surface area contributed by atoms with Gasteiger partial charge >= 0.3 is 0 Å². The van der Waals surface area contributed by atoms with Crippen molar-refractivity contribution in [3.63, 3.8) is 0 Å². The third kappa shape index (κ3) is 9.35. The predicted molar refractivity (Wildman–Crippen MR) is 125 cm³/mol. The fourth-order valence-corrected chi connectivity index (χ4v) is 3.56. The molecule has 2 aromatic carbocycles. The summed E-state index contributed by atoms with van der Waals surface area (Å²) < 4.78 is 5.65. The van der Waals surface area contributed by atoms with Gasteiger partial charge in [0, 0.05) is 11.7 Å². The molecule has 0 aliphatic carbocycles. The molecule has 0 radical (unpaired) electrons. The van der Waals surface area contributed by atoms with E-state index < -0.39 is 0 Å². The van der Waals surface area contributed by atoms with Crippen LogP contribution in [0.2, 0.25) is 0 Å². The summed E-state index contributed by atoms with van der Waals surface area (Å²) in [6, 6.07) is 15.8. The summed E-state index contributed by atoms with van der Waals surface area (Å²) in [5.74, 6) is 1.25. The second-order valence-electron chi connectivity index (χ2n) is 7.73. The smallest absolute Gasteiger partial charge is 0.234 e. The Morgan fingerprint density at radius 1 is 1.00 bits per heavy atom. The zero-order valence-electron chi connectivity index (χ0n) is 18.2. The summed E-state index contributed by atoms with van der Waals surface area (Å²) in [6.07, 6.45) is 1.90. The number of hydrogen-bond donors (Lipinski definition) is 2. The summed E-state index contributed by atoms with van der Waals surface area (Å²) >= 11 is 1.32. The second-order valence-corrected chi connectivity index (χ2v) is 8.71. The summed E-state index contributed by atoms with van der Waals surface area (Å²) in [5.41, 5.74) is 3.09. The molecule has 5 nitrogen and oxygen atoms in total. The van der Waals surface area contributed by atoms with Crippen molar-refractivity contribution < 1.29 is 14.3 Å². The lowest BCUT2D eigenvalue weighted by Crippen LogP contribution is -2.34. The van der Waals surface area contributed by atoms with Gasteiger partial charge in [0.1, 0.15) is 5.75 Å². The molecule has 2 N–H and O–H groups in total. The third-order valence-electron chi connectivity index (χ3n) is 4.34. The van der Waals surface area contributed by atoms with Crippen molar-refractivity contribution in [1.82, 2.24) is 5.32 Å². The highest BCUT2D eigenvalue weighted by Gasteiger charge is 2.10. The zero-order chi connectivity index (χ0) is 21.9. The molecular weight excluding hydrogens is 396 g/mol. The van der Waals surface area contributed by atoms with Crippen molar-refractivity contribution in [2.24, 2.45) is 0 Å². The number of carbonyl (C=O) groups is 2. The van der Waals surface area contributed by atoms with E-state index in [2.05, 4.69) is 22.8 Å². The molecule has 162 valence electrons. The number of thioether (sulfide) groups is 1. The summed E-state index contributed by atoms with van der Waals surface area (Å²) in [7, 11) is 0. The number of anilines is 1. The van der Waals surface area contributed by atoms with Gasteiger partial charge in [-0.05, 0) is 75.9 Å². The highest BCUT2D eigenvalue weighted by atomic mass is 32.2. The number of aryl methyl sites for hydroxylation is 2. The Bertz CT molecular complexity index is 821. The van der Waals surface area contributed by atoms with Crippen LogP contribution in [0.5, 0.6) is 5.75 Å². The Labute approximate surface area is 184 Å². The monoisotopic (exact) mass is 428 g/mol. The number of hydrogen-bond acceptors (Lipinski definition) is 4. The standard InChI is InChI=1S/C24H32N2O3S/c1-17(2)29-22-12-10-20(11-13-22)9-8-19(4)25-23(27)15-30-16-24(28)26-21-7-5-6-18(3)14-21/h5-7,10-14,17,19H,8-9,15-16H2,1-4H3,(H,25,27)(H,26,28). The molecule has 1 atom stereocenters.